The van der Waals surface area contributed by atoms with Crippen LogP contribution in [-0.4, -0.2) is 46.9 Å². The summed E-state index contributed by atoms with van der Waals surface area (Å²) in [6.45, 7) is 13.9. The number of amides is 1. The van der Waals surface area contributed by atoms with Gasteiger partial charge in [-0.05, 0) is 67.2 Å². The lowest BCUT2D eigenvalue weighted by Gasteiger charge is -2.32. The fourth-order valence-corrected chi connectivity index (χ4v) is 3.37. The summed E-state index contributed by atoms with van der Waals surface area (Å²) in [6.07, 6.45) is 1.79. The van der Waals surface area contributed by atoms with E-state index in [1.807, 2.05) is 53.4 Å². The third kappa shape index (κ3) is 2.64. The highest BCUT2D eigenvalue weighted by molar-refractivity contribution is 6.48. The van der Waals surface area contributed by atoms with Crippen molar-refractivity contribution in [2.45, 2.75) is 90.1 Å². The van der Waals surface area contributed by atoms with Gasteiger partial charge in [-0.2, -0.15) is 0 Å². The van der Waals surface area contributed by atoms with Crippen LogP contribution in [0.5, 0.6) is 0 Å². The fraction of sp³-hybridized carbons (Fsp3) is 0.938. The molecule has 0 radical (unpaired) electrons. The molecule has 3 fully saturated rings. The molecular weight excluding hydrogens is 281 g/mol. The molecule has 124 valence electrons. The molecule has 3 aliphatic rings. The zero-order chi connectivity index (χ0) is 16.5. The molecule has 0 unspecified atom stereocenters. The number of carbonyl (C=O) groups is 1. The smallest absolute Gasteiger partial charge is 0.444 e. The van der Waals surface area contributed by atoms with Crippen molar-refractivity contribution in [2.24, 2.45) is 5.92 Å². The summed E-state index contributed by atoms with van der Waals surface area (Å²) < 4.78 is 17.9. The normalized spacial score (nSPS) is 35.5. The van der Waals surface area contributed by atoms with E-state index in [0.717, 1.165) is 12.8 Å². The first kappa shape index (κ1) is 16.1. The highest BCUT2D eigenvalue weighted by atomic mass is 16.7. The van der Waals surface area contributed by atoms with Crippen LogP contribution in [0.4, 0.5) is 4.79 Å². The van der Waals surface area contributed by atoms with Gasteiger partial charge in [0.05, 0.1) is 17.1 Å². The molecule has 1 amide bonds. The minimum absolute atomic E-state index is 0.0420. The first-order chi connectivity index (χ1) is 9.91. The van der Waals surface area contributed by atoms with Crippen LogP contribution in [0.25, 0.3) is 0 Å². The SMILES string of the molecule is CC(C)(C)OC(=O)N1[C@H](B2OC(C)(C)C(C)(C)O2)C[C@@H]2C[C@@H]21. The molecule has 0 bridgehead atoms. The average Bonchev–Trinajstić information content (AvgIpc) is 2.88. The first-order valence-electron chi connectivity index (χ1n) is 8.28. The maximum atomic E-state index is 12.6. The molecule has 2 heterocycles. The quantitative estimate of drug-likeness (QED) is 0.699. The Morgan fingerprint density at radius 1 is 1.14 bits per heavy atom. The van der Waals surface area contributed by atoms with E-state index in [4.69, 9.17) is 14.0 Å². The summed E-state index contributed by atoms with van der Waals surface area (Å²) in [7, 11) is -0.370. The number of rotatable bonds is 1. The summed E-state index contributed by atoms with van der Waals surface area (Å²) in [5.74, 6) is 0.538. The van der Waals surface area contributed by atoms with Crippen LogP contribution in [0, 0.1) is 5.92 Å². The maximum absolute atomic E-state index is 12.6. The Morgan fingerprint density at radius 3 is 2.18 bits per heavy atom. The van der Waals surface area contributed by atoms with E-state index >= 15 is 0 Å². The van der Waals surface area contributed by atoms with Gasteiger partial charge in [-0.25, -0.2) is 4.79 Å². The van der Waals surface area contributed by atoms with Gasteiger partial charge in [0.2, 0.25) is 0 Å². The zero-order valence-electron chi connectivity index (χ0n) is 14.8. The zero-order valence-corrected chi connectivity index (χ0v) is 14.8. The van der Waals surface area contributed by atoms with Crippen LogP contribution in [0.2, 0.25) is 0 Å². The van der Waals surface area contributed by atoms with Gasteiger partial charge in [0.1, 0.15) is 5.60 Å². The molecule has 0 aromatic rings. The van der Waals surface area contributed by atoms with Crippen LogP contribution in [-0.2, 0) is 14.0 Å². The second-order valence-electron chi connectivity index (χ2n) is 8.88. The molecule has 1 aliphatic carbocycles. The number of fused-ring (bicyclic) bond motifs is 1. The molecule has 3 rings (SSSR count). The van der Waals surface area contributed by atoms with Crippen molar-refractivity contribution in [3.05, 3.63) is 0 Å². The number of carbonyl (C=O) groups excluding carboxylic acids is 1. The van der Waals surface area contributed by atoms with Crippen LogP contribution in [0.15, 0.2) is 0 Å². The van der Waals surface area contributed by atoms with Gasteiger partial charge in [-0.3, -0.25) is 0 Å². The Balaban J connectivity index is 1.75. The molecule has 0 aromatic heterocycles. The van der Waals surface area contributed by atoms with Gasteiger partial charge in [0.25, 0.3) is 0 Å². The fourth-order valence-electron chi connectivity index (χ4n) is 3.37. The van der Waals surface area contributed by atoms with Gasteiger partial charge in [0.15, 0.2) is 0 Å². The first-order valence-corrected chi connectivity index (χ1v) is 8.28. The summed E-state index contributed by atoms with van der Waals surface area (Å²) in [5, 5.41) is 0. The van der Waals surface area contributed by atoms with E-state index in [2.05, 4.69) is 0 Å². The molecule has 3 atom stereocenters. The van der Waals surface area contributed by atoms with E-state index < -0.39 is 5.60 Å². The summed E-state index contributed by atoms with van der Waals surface area (Å²) in [6, 6.07) is 0.305. The standard InChI is InChI=1S/C16H28BNO4/c1-14(2,3)20-13(19)18-11-8-10(11)9-12(18)17-21-15(4,5)16(6,7)22-17/h10-12H,8-9H2,1-7H3/t10-,11-,12-/m0/s1. The molecule has 0 aromatic carbocycles. The molecule has 22 heavy (non-hydrogen) atoms. The van der Waals surface area contributed by atoms with Gasteiger partial charge in [0, 0.05) is 6.04 Å². The molecular formula is C16H28BNO4. The van der Waals surface area contributed by atoms with Gasteiger partial charge in [-0.1, -0.05) is 0 Å². The van der Waals surface area contributed by atoms with Gasteiger partial charge >= 0.3 is 13.2 Å². The molecule has 2 saturated heterocycles. The highest BCUT2D eigenvalue weighted by Gasteiger charge is 2.63. The second-order valence-corrected chi connectivity index (χ2v) is 8.88. The van der Waals surface area contributed by atoms with Crippen LogP contribution >= 0.6 is 0 Å². The molecule has 5 nitrogen and oxygen atoms in total. The Kier molecular flexibility index (Phi) is 3.40. The van der Waals surface area contributed by atoms with Crippen molar-refractivity contribution >= 4 is 13.2 Å². The van der Waals surface area contributed by atoms with E-state index in [-0.39, 0.29) is 30.4 Å². The minimum atomic E-state index is -0.482. The number of ether oxygens (including phenoxy) is 1. The summed E-state index contributed by atoms with van der Waals surface area (Å²) >= 11 is 0. The van der Waals surface area contributed by atoms with Crippen LogP contribution in [0.1, 0.15) is 61.3 Å². The van der Waals surface area contributed by atoms with Crippen molar-refractivity contribution in [3.63, 3.8) is 0 Å². The third-order valence-corrected chi connectivity index (χ3v) is 5.33. The minimum Gasteiger partial charge on any atom is -0.444 e. The van der Waals surface area contributed by atoms with Crippen LogP contribution in [0.3, 0.4) is 0 Å². The number of piperidine rings is 1. The van der Waals surface area contributed by atoms with E-state index in [1.165, 1.54) is 0 Å². The van der Waals surface area contributed by atoms with Crippen molar-refractivity contribution in [2.75, 3.05) is 0 Å². The van der Waals surface area contributed by atoms with Crippen LogP contribution < -0.4 is 0 Å². The van der Waals surface area contributed by atoms with Crippen molar-refractivity contribution < 1.29 is 18.8 Å². The molecule has 0 N–H and O–H groups in total. The molecule has 2 aliphatic heterocycles. The van der Waals surface area contributed by atoms with Gasteiger partial charge in [-0.15, -0.1) is 0 Å². The Hall–Kier alpha value is -0.745. The second kappa shape index (κ2) is 4.63. The van der Waals surface area contributed by atoms with Crippen molar-refractivity contribution in [3.8, 4) is 0 Å². The number of likely N-dealkylation sites (tertiary alicyclic amines) is 1. The number of hydrogen-bond donors (Lipinski definition) is 0. The lowest BCUT2D eigenvalue weighted by Crippen LogP contribution is -2.50. The third-order valence-electron chi connectivity index (χ3n) is 5.33. The number of hydrogen-bond acceptors (Lipinski definition) is 4. The van der Waals surface area contributed by atoms with Crippen molar-refractivity contribution in [1.29, 1.82) is 0 Å². The largest absolute Gasteiger partial charge is 0.482 e. The predicted octanol–water partition coefficient (Wildman–Crippen LogP) is 3.02. The van der Waals surface area contributed by atoms with Crippen molar-refractivity contribution in [1.82, 2.24) is 4.90 Å². The summed E-state index contributed by atoms with van der Waals surface area (Å²) in [4.78, 5) is 14.5. The monoisotopic (exact) mass is 309 g/mol. The van der Waals surface area contributed by atoms with E-state index in [0.29, 0.717) is 12.0 Å². The Bertz CT molecular complexity index is 469. The van der Waals surface area contributed by atoms with Gasteiger partial charge < -0.3 is 18.9 Å². The van der Waals surface area contributed by atoms with E-state index in [9.17, 15) is 4.79 Å². The highest BCUT2D eigenvalue weighted by Crippen LogP contribution is 2.51. The molecule has 0 spiro atoms. The Labute approximate surface area is 133 Å². The lowest BCUT2D eigenvalue weighted by molar-refractivity contribution is 0.00578. The molecule has 1 saturated carbocycles. The Morgan fingerprint density at radius 2 is 1.68 bits per heavy atom. The lowest BCUT2D eigenvalue weighted by atomic mass is 9.75. The average molecular weight is 309 g/mol. The maximum Gasteiger partial charge on any atom is 0.482 e. The summed E-state index contributed by atoms with van der Waals surface area (Å²) in [5.41, 5.74) is -1.22. The van der Waals surface area contributed by atoms with E-state index in [1.54, 1.807) is 0 Å². The topological polar surface area (TPSA) is 48.0 Å². The molecule has 6 heteroatoms. The predicted molar refractivity (Wildman–Crippen MR) is 84.5 cm³/mol. The number of nitrogens with zero attached hydrogens (tertiary/aromatic N) is 1.